The molecule has 0 atom stereocenters. The number of thiophene rings is 1. The Morgan fingerprint density at radius 2 is 2.00 bits per heavy atom. The Morgan fingerprint density at radius 1 is 1.26 bits per heavy atom. The van der Waals surface area contributed by atoms with Crippen molar-refractivity contribution in [3.63, 3.8) is 0 Å². The number of nitrogens with one attached hydrogen (secondary N) is 1. The molecular formula is C15H26N2OS. The Labute approximate surface area is 121 Å². The zero-order valence-electron chi connectivity index (χ0n) is 12.2. The topological polar surface area (TPSA) is 24.5 Å². The molecule has 1 fully saturated rings. The van der Waals surface area contributed by atoms with Crippen LogP contribution in [0.15, 0.2) is 12.1 Å². The third-order valence-corrected chi connectivity index (χ3v) is 4.65. The minimum Gasteiger partial charge on any atom is -0.378 e. The van der Waals surface area contributed by atoms with Crippen LogP contribution in [0.5, 0.6) is 0 Å². The summed E-state index contributed by atoms with van der Waals surface area (Å²) < 4.78 is 5.70. The fourth-order valence-electron chi connectivity index (χ4n) is 2.54. The van der Waals surface area contributed by atoms with Gasteiger partial charge in [-0.25, -0.2) is 0 Å². The van der Waals surface area contributed by atoms with Gasteiger partial charge in [-0.3, -0.25) is 4.90 Å². The van der Waals surface area contributed by atoms with E-state index in [0.717, 1.165) is 26.2 Å². The third kappa shape index (κ3) is 4.88. The highest BCUT2D eigenvalue weighted by Gasteiger charge is 2.19. The van der Waals surface area contributed by atoms with Crippen molar-refractivity contribution in [1.82, 2.24) is 10.2 Å². The van der Waals surface area contributed by atoms with Crippen molar-refractivity contribution in [1.29, 1.82) is 0 Å². The lowest BCUT2D eigenvalue weighted by molar-refractivity contribution is 0.0127. The van der Waals surface area contributed by atoms with Crippen LogP contribution in [0.2, 0.25) is 0 Å². The molecule has 0 radical (unpaired) electrons. The van der Waals surface area contributed by atoms with Gasteiger partial charge in [-0.05, 0) is 38.4 Å². The molecule has 1 aromatic rings. The molecule has 1 N–H and O–H groups in total. The molecule has 0 aromatic carbocycles. The highest BCUT2D eigenvalue weighted by atomic mass is 32.1. The van der Waals surface area contributed by atoms with E-state index in [4.69, 9.17) is 4.74 Å². The number of hydrogen-bond acceptors (Lipinski definition) is 4. The van der Waals surface area contributed by atoms with Crippen LogP contribution in [0.1, 0.15) is 36.4 Å². The van der Waals surface area contributed by atoms with E-state index in [1.807, 2.05) is 11.3 Å². The molecule has 1 saturated heterocycles. The highest BCUT2D eigenvalue weighted by Crippen LogP contribution is 2.21. The van der Waals surface area contributed by atoms with Gasteiger partial charge in [0, 0.05) is 42.5 Å². The molecule has 1 aliphatic heterocycles. The molecule has 2 heterocycles. The van der Waals surface area contributed by atoms with Crippen molar-refractivity contribution in [2.24, 2.45) is 0 Å². The molecule has 2 rings (SSSR count). The zero-order valence-corrected chi connectivity index (χ0v) is 13.0. The number of ether oxygens (including phenoxy) is 1. The van der Waals surface area contributed by atoms with Gasteiger partial charge in [-0.1, -0.05) is 6.92 Å². The molecule has 1 aromatic heterocycles. The van der Waals surface area contributed by atoms with E-state index >= 15 is 0 Å². The highest BCUT2D eigenvalue weighted by molar-refractivity contribution is 7.11. The number of likely N-dealkylation sites (tertiary alicyclic amines) is 1. The minimum absolute atomic E-state index is 0.494. The molecule has 3 nitrogen and oxygen atoms in total. The Bertz CT molecular complexity index is 359. The SMILES string of the molecule is CCNCc1ccc(CN2CCC(OCC)CC2)s1. The van der Waals surface area contributed by atoms with E-state index in [-0.39, 0.29) is 0 Å². The van der Waals surface area contributed by atoms with E-state index in [0.29, 0.717) is 6.10 Å². The molecule has 108 valence electrons. The van der Waals surface area contributed by atoms with E-state index in [1.54, 1.807) is 0 Å². The summed E-state index contributed by atoms with van der Waals surface area (Å²) in [6, 6.07) is 4.54. The van der Waals surface area contributed by atoms with Gasteiger partial charge in [-0.15, -0.1) is 11.3 Å². The molecule has 19 heavy (non-hydrogen) atoms. The van der Waals surface area contributed by atoms with Gasteiger partial charge in [0.15, 0.2) is 0 Å². The first-order valence-electron chi connectivity index (χ1n) is 7.44. The summed E-state index contributed by atoms with van der Waals surface area (Å²) in [6.45, 7) is 10.6. The predicted molar refractivity (Wildman–Crippen MR) is 81.6 cm³/mol. The van der Waals surface area contributed by atoms with Gasteiger partial charge in [0.1, 0.15) is 0 Å². The van der Waals surface area contributed by atoms with Gasteiger partial charge in [-0.2, -0.15) is 0 Å². The summed E-state index contributed by atoms with van der Waals surface area (Å²) in [5, 5.41) is 3.38. The van der Waals surface area contributed by atoms with Crippen LogP contribution in [0.3, 0.4) is 0 Å². The summed E-state index contributed by atoms with van der Waals surface area (Å²) in [6.07, 6.45) is 2.86. The lowest BCUT2D eigenvalue weighted by Gasteiger charge is -2.31. The number of hydrogen-bond donors (Lipinski definition) is 1. The van der Waals surface area contributed by atoms with Crippen molar-refractivity contribution in [2.45, 2.75) is 45.9 Å². The van der Waals surface area contributed by atoms with Gasteiger partial charge < -0.3 is 10.1 Å². The summed E-state index contributed by atoms with van der Waals surface area (Å²) in [7, 11) is 0. The summed E-state index contributed by atoms with van der Waals surface area (Å²) >= 11 is 1.94. The second-order valence-corrected chi connectivity index (χ2v) is 6.33. The van der Waals surface area contributed by atoms with Crippen LogP contribution < -0.4 is 5.32 Å². The second-order valence-electron chi connectivity index (χ2n) is 5.08. The van der Waals surface area contributed by atoms with Gasteiger partial charge >= 0.3 is 0 Å². The zero-order chi connectivity index (χ0) is 13.5. The molecule has 0 unspecified atom stereocenters. The Balaban J connectivity index is 1.74. The monoisotopic (exact) mass is 282 g/mol. The van der Waals surface area contributed by atoms with Crippen LogP contribution in [-0.4, -0.2) is 37.2 Å². The van der Waals surface area contributed by atoms with Crippen molar-refractivity contribution in [3.8, 4) is 0 Å². The first-order chi connectivity index (χ1) is 9.31. The molecule has 1 aliphatic rings. The summed E-state index contributed by atoms with van der Waals surface area (Å²) in [5.74, 6) is 0. The summed E-state index contributed by atoms with van der Waals surface area (Å²) in [4.78, 5) is 5.49. The predicted octanol–water partition coefficient (Wildman–Crippen LogP) is 2.86. The first-order valence-corrected chi connectivity index (χ1v) is 8.25. The van der Waals surface area contributed by atoms with Gasteiger partial charge in [0.25, 0.3) is 0 Å². The fourth-order valence-corrected chi connectivity index (χ4v) is 3.57. The van der Waals surface area contributed by atoms with Gasteiger partial charge in [0.2, 0.25) is 0 Å². The number of nitrogens with zero attached hydrogens (tertiary/aromatic N) is 1. The lowest BCUT2D eigenvalue weighted by atomic mass is 10.1. The average Bonchev–Trinajstić information content (AvgIpc) is 2.87. The maximum Gasteiger partial charge on any atom is 0.0599 e. The van der Waals surface area contributed by atoms with Crippen LogP contribution in [0.25, 0.3) is 0 Å². The molecule has 0 spiro atoms. The van der Waals surface area contributed by atoms with Crippen LogP contribution >= 0.6 is 11.3 Å². The fraction of sp³-hybridized carbons (Fsp3) is 0.733. The van der Waals surface area contributed by atoms with Crippen molar-refractivity contribution < 1.29 is 4.74 Å². The molecule has 0 amide bonds. The minimum atomic E-state index is 0.494. The molecule has 4 heteroatoms. The smallest absolute Gasteiger partial charge is 0.0599 e. The van der Waals surface area contributed by atoms with Crippen LogP contribution in [0.4, 0.5) is 0 Å². The molecule has 0 saturated carbocycles. The average molecular weight is 282 g/mol. The van der Waals surface area contributed by atoms with Crippen molar-refractivity contribution >= 4 is 11.3 Å². The number of rotatable bonds is 7. The van der Waals surface area contributed by atoms with Crippen molar-refractivity contribution in [2.75, 3.05) is 26.2 Å². The molecule has 0 bridgehead atoms. The summed E-state index contributed by atoms with van der Waals surface area (Å²) in [5.41, 5.74) is 0. The van der Waals surface area contributed by atoms with Gasteiger partial charge in [0.05, 0.1) is 6.10 Å². The second kappa shape index (κ2) is 8.00. The van der Waals surface area contributed by atoms with Crippen LogP contribution in [0, 0.1) is 0 Å². The molecule has 0 aliphatic carbocycles. The van der Waals surface area contributed by atoms with Crippen molar-refractivity contribution in [3.05, 3.63) is 21.9 Å². The molecular weight excluding hydrogens is 256 g/mol. The third-order valence-electron chi connectivity index (χ3n) is 3.58. The van der Waals surface area contributed by atoms with Crippen LogP contribution in [-0.2, 0) is 17.8 Å². The van der Waals surface area contributed by atoms with E-state index < -0.39 is 0 Å². The number of piperidine rings is 1. The first kappa shape index (κ1) is 15.0. The quantitative estimate of drug-likeness (QED) is 0.832. The standard InChI is InChI=1S/C15H26N2OS/c1-3-16-11-14-5-6-15(19-14)12-17-9-7-13(8-10-17)18-4-2/h5-6,13,16H,3-4,7-12H2,1-2H3. The maximum atomic E-state index is 5.70. The Kier molecular flexibility index (Phi) is 6.31. The largest absolute Gasteiger partial charge is 0.378 e. The van der Waals surface area contributed by atoms with E-state index in [9.17, 15) is 0 Å². The normalized spacial score (nSPS) is 18.0. The van der Waals surface area contributed by atoms with E-state index in [2.05, 4.69) is 36.2 Å². The Hall–Kier alpha value is -0.420. The lowest BCUT2D eigenvalue weighted by Crippen LogP contribution is -2.36. The van der Waals surface area contributed by atoms with E-state index in [1.165, 1.54) is 35.7 Å². The Morgan fingerprint density at radius 3 is 2.68 bits per heavy atom. The maximum absolute atomic E-state index is 5.70.